The van der Waals surface area contributed by atoms with Crippen molar-refractivity contribution in [2.45, 2.75) is 26.2 Å². The molecule has 3 rings (SSSR count). The number of thiophene rings is 1. The molecular formula is C20H20BrNO3S. The van der Waals surface area contributed by atoms with Crippen molar-refractivity contribution < 1.29 is 14.3 Å². The lowest BCUT2D eigenvalue weighted by Crippen LogP contribution is -2.14. The topological polar surface area (TPSA) is 55.4 Å². The van der Waals surface area contributed by atoms with Crippen LogP contribution in [-0.2, 0) is 22.4 Å². The van der Waals surface area contributed by atoms with Gasteiger partial charge in [0.05, 0.1) is 12.7 Å². The molecule has 0 saturated carbocycles. The number of esters is 1. The van der Waals surface area contributed by atoms with Gasteiger partial charge in [-0.25, -0.2) is 4.79 Å². The van der Waals surface area contributed by atoms with Gasteiger partial charge in [0.2, 0.25) is 5.91 Å². The molecule has 1 aromatic carbocycles. The third-order valence-corrected chi connectivity index (χ3v) is 6.13. The van der Waals surface area contributed by atoms with Crippen LogP contribution in [0.4, 0.5) is 5.00 Å². The Morgan fingerprint density at radius 3 is 2.73 bits per heavy atom. The maximum absolute atomic E-state index is 12.3. The Morgan fingerprint density at radius 1 is 1.31 bits per heavy atom. The first kappa shape index (κ1) is 18.9. The van der Waals surface area contributed by atoms with Crippen molar-refractivity contribution in [1.82, 2.24) is 0 Å². The first-order chi connectivity index (χ1) is 12.5. The second-order valence-electron chi connectivity index (χ2n) is 6.42. The summed E-state index contributed by atoms with van der Waals surface area (Å²) in [6, 6.07) is 7.67. The molecule has 1 aromatic heterocycles. The number of carbonyl (C=O) groups is 2. The molecule has 26 heavy (non-hydrogen) atoms. The van der Waals surface area contributed by atoms with Crippen molar-refractivity contribution in [3.05, 3.63) is 56.4 Å². The molecule has 0 aliphatic heterocycles. The van der Waals surface area contributed by atoms with Crippen molar-refractivity contribution in [1.29, 1.82) is 0 Å². The van der Waals surface area contributed by atoms with Gasteiger partial charge in [0.15, 0.2) is 0 Å². The Balaban J connectivity index is 1.81. The van der Waals surface area contributed by atoms with E-state index < -0.39 is 0 Å². The van der Waals surface area contributed by atoms with Crippen LogP contribution in [0.1, 0.15) is 39.7 Å². The van der Waals surface area contributed by atoms with Gasteiger partial charge in [0.1, 0.15) is 5.00 Å². The van der Waals surface area contributed by atoms with Crippen LogP contribution in [0.2, 0.25) is 0 Å². The van der Waals surface area contributed by atoms with E-state index in [0.717, 1.165) is 34.9 Å². The molecule has 1 unspecified atom stereocenters. The molecule has 0 saturated heterocycles. The SMILES string of the molecule is COC(=O)c1c(NC(=O)C=Cc2ccc(Br)cc2)sc2c1CCC(C)C2. The fourth-order valence-electron chi connectivity index (χ4n) is 3.06. The quantitative estimate of drug-likeness (QED) is 0.540. The molecule has 0 radical (unpaired) electrons. The molecule has 1 aliphatic rings. The van der Waals surface area contributed by atoms with Gasteiger partial charge in [-0.15, -0.1) is 11.3 Å². The molecule has 2 aromatic rings. The highest BCUT2D eigenvalue weighted by molar-refractivity contribution is 9.10. The summed E-state index contributed by atoms with van der Waals surface area (Å²) in [4.78, 5) is 25.8. The van der Waals surface area contributed by atoms with Crippen LogP contribution in [0.25, 0.3) is 6.08 Å². The van der Waals surface area contributed by atoms with Crippen molar-refractivity contribution in [2.75, 3.05) is 12.4 Å². The van der Waals surface area contributed by atoms with Gasteiger partial charge in [-0.1, -0.05) is 35.0 Å². The molecule has 1 atom stereocenters. The summed E-state index contributed by atoms with van der Waals surface area (Å²) in [6.45, 7) is 2.21. The van der Waals surface area contributed by atoms with Crippen LogP contribution in [0.3, 0.4) is 0 Å². The van der Waals surface area contributed by atoms with Crippen LogP contribution >= 0.6 is 27.3 Å². The standard InChI is InChI=1S/C20H20BrNO3S/c1-12-3-9-15-16(11-12)26-19(18(15)20(24)25-2)22-17(23)10-6-13-4-7-14(21)8-5-13/h4-8,10,12H,3,9,11H2,1-2H3,(H,22,23). The predicted molar refractivity (Wildman–Crippen MR) is 109 cm³/mol. The fourth-order valence-corrected chi connectivity index (χ4v) is 4.72. The molecule has 6 heteroatoms. The lowest BCUT2D eigenvalue weighted by molar-refractivity contribution is -0.111. The smallest absolute Gasteiger partial charge is 0.341 e. The molecule has 4 nitrogen and oxygen atoms in total. The Kier molecular flexibility index (Phi) is 5.94. The maximum atomic E-state index is 12.3. The number of rotatable bonds is 4. The van der Waals surface area contributed by atoms with E-state index in [2.05, 4.69) is 28.2 Å². The largest absolute Gasteiger partial charge is 0.465 e. The Hall–Kier alpha value is -1.92. The third kappa shape index (κ3) is 4.24. The number of halogens is 1. The Labute approximate surface area is 165 Å². The minimum absolute atomic E-state index is 0.260. The molecule has 0 bridgehead atoms. The van der Waals surface area contributed by atoms with Gasteiger partial charge in [-0.2, -0.15) is 0 Å². The minimum atomic E-state index is -0.385. The fraction of sp³-hybridized carbons (Fsp3) is 0.300. The van der Waals surface area contributed by atoms with Crippen molar-refractivity contribution in [3.8, 4) is 0 Å². The normalized spacial score (nSPS) is 16.3. The van der Waals surface area contributed by atoms with Crippen LogP contribution in [0.15, 0.2) is 34.8 Å². The summed E-state index contributed by atoms with van der Waals surface area (Å²) in [5.74, 6) is -0.0542. The number of ether oxygens (including phenoxy) is 1. The highest BCUT2D eigenvalue weighted by Crippen LogP contribution is 2.40. The van der Waals surface area contributed by atoms with Crippen molar-refractivity contribution in [3.63, 3.8) is 0 Å². The first-order valence-electron chi connectivity index (χ1n) is 8.45. The average molecular weight is 434 g/mol. The summed E-state index contributed by atoms with van der Waals surface area (Å²) in [5, 5.41) is 3.45. The highest BCUT2D eigenvalue weighted by Gasteiger charge is 2.28. The molecule has 136 valence electrons. The van der Waals surface area contributed by atoms with E-state index in [9.17, 15) is 9.59 Å². The van der Waals surface area contributed by atoms with Gasteiger partial charge >= 0.3 is 5.97 Å². The first-order valence-corrected chi connectivity index (χ1v) is 10.1. The number of nitrogens with one attached hydrogen (secondary N) is 1. The van der Waals surface area contributed by atoms with E-state index in [-0.39, 0.29) is 11.9 Å². The van der Waals surface area contributed by atoms with Crippen molar-refractivity contribution in [2.24, 2.45) is 5.92 Å². The number of methoxy groups -OCH3 is 1. The van der Waals surface area contributed by atoms with Gasteiger partial charge in [0.25, 0.3) is 0 Å². The van der Waals surface area contributed by atoms with Crippen LogP contribution in [0.5, 0.6) is 0 Å². The van der Waals surface area contributed by atoms with Crippen LogP contribution in [0, 0.1) is 5.92 Å². The van der Waals surface area contributed by atoms with E-state index in [0.29, 0.717) is 16.5 Å². The number of amides is 1. The zero-order chi connectivity index (χ0) is 18.7. The van der Waals surface area contributed by atoms with Gasteiger partial charge < -0.3 is 10.1 Å². The van der Waals surface area contributed by atoms with Crippen LogP contribution in [-0.4, -0.2) is 19.0 Å². The van der Waals surface area contributed by atoms with Gasteiger partial charge in [0, 0.05) is 15.4 Å². The highest BCUT2D eigenvalue weighted by atomic mass is 79.9. The van der Waals surface area contributed by atoms with Gasteiger partial charge in [-0.05, 0) is 54.5 Å². The minimum Gasteiger partial charge on any atom is -0.465 e. The number of anilines is 1. The Bertz CT molecular complexity index is 855. The summed E-state index contributed by atoms with van der Waals surface area (Å²) in [6.07, 6.45) is 6.06. The zero-order valence-corrected chi connectivity index (χ0v) is 17.1. The summed E-state index contributed by atoms with van der Waals surface area (Å²) in [7, 11) is 1.37. The summed E-state index contributed by atoms with van der Waals surface area (Å²) in [5.41, 5.74) is 2.48. The molecule has 1 heterocycles. The monoisotopic (exact) mass is 433 g/mol. The predicted octanol–water partition coefficient (Wildman–Crippen LogP) is 5.07. The average Bonchev–Trinajstić information content (AvgIpc) is 2.97. The van der Waals surface area contributed by atoms with E-state index in [1.807, 2.05) is 24.3 Å². The lowest BCUT2D eigenvalue weighted by atomic mass is 9.88. The molecule has 1 amide bonds. The number of benzene rings is 1. The van der Waals surface area contributed by atoms with Crippen molar-refractivity contribution >= 4 is 50.2 Å². The molecule has 0 fully saturated rings. The number of hydrogen-bond acceptors (Lipinski definition) is 4. The zero-order valence-electron chi connectivity index (χ0n) is 14.7. The summed E-state index contributed by atoms with van der Waals surface area (Å²) < 4.78 is 5.93. The second kappa shape index (κ2) is 8.18. The van der Waals surface area contributed by atoms with E-state index >= 15 is 0 Å². The van der Waals surface area contributed by atoms with E-state index in [1.54, 1.807) is 6.08 Å². The number of carbonyl (C=O) groups excluding carboxylic acids is 2. The molecule has 0 spiro atoms. The van der Waals surface area contributed by atoms with Crippen LogP contribution < -0.4 is 5.32 Å². The maximum Gasteiger partial charge on any atom is 0.341 e. The molecule has 1 N–H and O–H groups in total. The van der Waals surface area contributed by atoms with E-state index in [4.69, 9.17) is 4.74 Å². The number of hydrogen-bond donors (Lipinski definition) is 1. The molecular weight excluding hydrogens is 414 g/mol. The third-order valence-electron chi connectivity index (χ3n) is 4.44. The Morgan fingerprint density at radius 2 is 2.04 bits per heavy atom. The number of fused-ring (bicyclic) bond motifs is 1. The van der Waals surface area contributed by atoms with E-state index in [1.165, 1.54) is 29.4 Å². The lowest BCUT2D eigenvalue weighted by Gasteiger charge is -2.18. The van der Waals surface area contributed by atoms with Gasteiger partial charge in [-0.3, -0.25) is 4.79 Å². The second-order valence-corrected chi connectivity index (χ2v) is 8.44. The summed E-state index contributed by atoms with van der Waals surface area (Å²) >= 11 is 4.87. The molecule has 1 aliphatic carbocycles.